The molecule has 1 N–H and O–H groups in total. The Labute approximate surface area is 67.4 Å². The smallest absolute Gasteiger partial charge is 0.0898 e. The normalized spacial score (nSPS) is 11.2. The number of rotatable bonds is 1. The van der Waals surface area contributed by atoms with Crippen LogP contribution in [0.25, 0.3) is 0 Å². The highest BCUT2D eigenvalue weighted by atomic mass is 32.2. The highest BCUT2D eigenvalue weighted by Gasteiger charge is 2.13. The molecule has 2 heteroatoms. The van der Waals surface area contributed by atoms with Crippen molar-refractivity contribution in [3.63, 3.8) is 0 Å². The molecule has 0 aliphatic heterocycles. The molecule has 1 nitrogen and oxygen atoms in total. The van der Waals surface area contributed by atoms with Crippen LogP contribution in [0, 0.1) is 5.41 Å². The molecule has 0 aliphatic rings. The van der Waals surface area contributed by atoms with Crippen molar-refractivity contribution in [1.29, 1.82) is 5.41 Å². The molecule has 0 saturated carbocycles. The van der Waals surface area contributed by atoms with E-state index in [2.05, 4.69) is 27.4 Å². The molecule has 0 unspecified atom stereocenters. The maximum atomic E-state index is 7.46. The summed E-state index contributed by atoms with van der Waals surface area (Å²) in [6.45, 7) is 11.8. The minimum atomic E-state index is 0.135. The van der Waals surface area contributed by atoms with E-state index in [9.17, 15) is 0 Å². The summed E-state index contributed by atoms with van der Waals surface area (Å²) in [7, 11) is 0. The summed E-state index contributed by atoms with van der Waals surface area (Å²) < 4.78 is 0.135. The molecule has 0 fully saturated rings. The Balaban J connectivity index is 3.93. The average Bonchev–Trinajstić information content (AvgIpc) is 1.60. The molecule has 0 radical (unpaired) electrons. The molecule has 0 heterocycles. The quantitative estimate of drug-likeness (QED) is 0.459. The summed E-state index contributed by atoms with van der Waals surface area (Å²) in [6, 6.07) is 0. The Morgan fingerprint density at radius 1 is 1.40 bits per heavy atom. The Morgan fingerprint density at radius 2 is 1.80 bits per heavy atom. The lowest BCUT2D eigenvalue weighted by Gasteiger charge is -2.17. The molecule has 0 saturated heterocycles. The van der Waals surface area contributed by atoms with Gasteiger partial charge in [-0.2, -0.15) is 0 Å². The fourth-order valence-corrected chi connectivity index (χ4v) is 1.18. The van der Waals surface area contributed by atoms with Gasteiger partial charge in [-0.3, -0.25) is 5.41 Å². The van der Waals surface area contributed by atoms with Crippen LogP contribution < -0.4 is 0 Å². The first-order chi connectivity index (χ1) is 4.33. The topological polar surface area (TPSA) is 23.9 Å². The third-order valence-corrected chi connectivity index (χ3v) is 1.96. The fourth-order valence-electron chi connectivity index (χ4n) is 0.393. The Hall–Kier alpha value is -0.240. The van der Waals surface area contributed by atoms with Gasteiger partial charge >= 0.3 is 0 Å². The zero-order valence-corrected chi connectivity index (χ0v) is 7.93. The molecule has 0 atom stereocenters. The van der Waals surface area contributed by atoms with Gasteiger partial charge in [-0.05, 0) is 12.5 Å². The Kier molecular flexibility index (Phi) is 3.16. The van der Waals surface area contributed by atoms with Gasteiger partial charge in [-0.15, -0.1) is 11.8 Å². The second kappa shape index (κ2) is 3.24. The number of nitrogens with one attached hydrogen (secondary N) is 1. The second-order valence-corrected chi connectivity index (χ2v) is 5.16. The minimum Gasteiger partial charge on any atom is -0.294 e. The van der Waals surface area contributed by atoms with E-state index >= 15 is 0 Å². The van der Waals surface area contributed by atoms with E-state index in [1.54, 1.807) is 11.8 Å². The van der Waals surface area contributed by atoms with Gasteiger partial charge in [0, 0.05) is 4.75 Å². The minimum absolute atomic E-state index is 0.135. The molecule has 0 aromatic heterocycles. The molecule has 0 spiro atoms. The van der Waals surface area contributed by atoms with E-state index in [4.69, 9.17) is 5.41 Å². The fraction of sp³-hybridized carbons (Fsp3) is 0.625. The molecular formula is C8H15NS. The molecule has 0 aromatic carbocycles. The summed E-state index contributed by atoms with van der Waals surface area (Å²) in [5.74, 6) is 0. The standard InChI is InChI=1S/C8H15NS/c1-6(2)7(9)10-8(3,4)5/h9H,1H2,2-5H3. The lowest BCUT2D eigenvalue weighted by molar-refractivity contribution is 0.809. The van der Waals surface area contributed by atoms with E-state index in [-0.39, 0.29) is 4.75 Å². The molecule has 0 bridgehead atoms. The monoisotopic (exact) mass is 157 g/mol. The van der Waals surface area contributed by atoms with Crippen LogP contribution in [0.15, 0.2) is 12.2 Å². The molecule has 0 aromatic rings. The van der Waals surface area contributed by atoms with Gasteiger partial charge in [-0.25, -0.2) is 0 Å². The Morgan fingerprint density at radius 3 is 1.90 bits per heavy atom. The van der Waals surface area contributed by atoms with E-state index in [1.807, 2.05) is 6.92 Å². The summed E-state index contributed by atoms with van der Waals surface area (Å²) in [5.41, 5.74) is 0.847. The number of thioether (sulfide) groups is 1. The predicted molar refractivity (Wildman–Crippen MR) is 49.9 cm³/mol. The van der Waals surface area contributed by atoms with Gasteiger partial charge in [0.1, 0.15) is 0 Å². The highest BCUT2D eigenvalue weighted by molar-refractivity contribution is 8.15. The predicted octanol–water partition coefficient (Wildman–Crippen LogP) is 3.07. The SMILES string of the molecule is C=C(C)C(=N)SC(C)(C)C. The van der Waals surface area contributed by atoms with Crippen LogP contribution in [0.3, 0.4) is 0 Å². The lowest BCUT2D eigenvalue weighted by Crippen LogP contribution is -2.11. The first-order valence-corrected chi connectivity index (χ1v) is 4.08. The molecule has 0 aliphatic carbocycles. The van der Waals surface area contributed by atoms with Crippen LogP contribution in [0.2, 0.25) is 0 Å². The summed E-state index contributed by atoms with van der Waals surface area (Å²) in [4.78, 5) is 0. The summed E-state index contributed by atoms with van der Waals surface area (Å²) >= 11 is 1.55. The maximum absolute atomic E-state index is 7.46. The van der Waals surface area contributed by atoms with Crippen LogP contribution in [0.4, 0.5) is 0 Å². The van der Waals surface area contributed by atoms with Crippen LogP contribution >= 0.6 is 11.8 Å². The van der Waals surface area contributed by atoms with Crippen LogP contribution in [-0.2, 0) is 0 Å². The molecule has 0 rings (SSSR count). The highest BCUT2D eigenvalue weighted by Crippen LogP contribution is 2.26. The van der Waals surface area contributed by atoms with Crippen molar-refractivity contribution in [3.05, 3.63) is 12.2 Å². The van der Waals surface area contributed by atoms with Crippen molar-refractivity contribution in [1.82, 2.24) is 0 Å². The second-order valence-electron chi connectivity index (χ2n) is 3.32. The van der Waals surface area contributed by atoms with Gasteiger partial charge in [0.2, 0.25) is 0 Å². The Bertz CT molecular complexity index is 153. The van der Waals surface area contributed by atoms with Gasteiger partial charge in [0.05, 0.1) is 5.04 Å². The average molecular weight is 157 g/mol. The largest absolute Gasteiger partial charge is 0.294 e. The summed E-state index contributed by atoms with van der Waals surface area (Å²) in [5, 5.41) is 8.05. The van der Waals surface area contributed by atoms with Gasteiger partial charge < -0.3 is 0 Å². The third kappa shape index (κ3) is 4.62. The molecule has 0 amide bonds. The van der Waals surface area contributed by atoms with E-state index in [0.717, 1.165) is 5.57 Å². The van der Waals surface area contributed by atoms with Crippen molar-refractivity contribution in [2.45, 2.75) is 32.4 Å². The van der Waals surface area contributed by atoms with Crippen LogP contribution in [0.5, 0.6) is 0 Å². The molecular weight excluding hydrogens is 142 g/mol. The van der Waals surface area contributed by atoms with E-state index in [1.165, 1.54) is 0 Å². The maximum Gasteiger partial charge on any atom is 0.0898 e. The van der Waals surface area contributed by atoms with E-state index < -0.39 is 0 Å². The zero-order chi connectivity index (χ0) is 8.36. The van der Waals surface area contributed by atoms with Gasteiger partial charge in [0.25, 0.3) is 0 Å². The van der Waals surface area contributed by atoms with Crippen molar-refractivity contribution in [3.8, 4) is 0 Å². The first kappa shape index (κ1) is 9.76. The summed E-state index contributed by atoms with van der Waals surface area (Å²) in [6.07, 6.45) is 0. The third-order valence-electron chi connectivity index (χ3n) is 0.796. The lowest BCUT2D eigenvalue weighted by atomic mass is 10.3. The zero-order valence-electron chi connectivity index (χ0n) is 7.12. The first-order valence-electron chi connectivity index (χ1n) is 3.26. The van der Waals surface area contributed by atoms with Gasteiger partial charge in [0.15, 0.2) is 0 Å². The molecule has 10 heavy (non-hydrogen) atoms. The van der Waals surface area contributed by atoms with Crippen molar-refractivity contribution < 1.29 is 0 Å². The van der Waals surface area contributed by atoms with Crippen LogP contribution in [-0.4, -0.2) is 9.79 Å². The number of hydrogen-bond donors (Lipinski definition) is 1. The van der Waals surface area contributed by atoms with Crippen molar-refractivity contribution >= 4 is 16.8 Å². The van der Waals surface area contributed by atoms with Crippen molar-refractivity contribution in [2.24, 2.45) is 0 Å². The van der Waals surface area contributed by atoms with Crippen LogP contribution in [0.1, 0.15) is 27.7 Å². The van der Waals surface area contributed by atoms with Gasteiger partial charge in [-0.1, -0.05) is 27.4 Å². The number of hydrogen-bond acceptors (Lipinski definition) is 2. The van der Waals surface area contributed by atoms with Crippen molar-refractivity contribution in [2.75, 3.05) is 0 Å². The van der Waals surface area contributed by atoms with E-state index in [0.29, 0.717) is 5.04 Å². The molecule has 58 valence electrons.